The van der Waals surface area contributed by atoms with Crippen molar-refractivity contribution < 1.29 is 0 Å². The Hall–Kier alpha value is -0.880. The van der Waals surface area contributed by atoms with Gasteiger partial charge >= 0.3 is 0 Å². The van der Waals surface area contributed by atoms with Crippen molar-refractivity contribution in [1.82, 2.24) is 15.2 Å². The molecule has 1 atom stereocenters. The molecule has 2 aromatic rings. The third-order valence-electron chi connectivity index (χ3n) is 3.56. The quantitative estimate of drug-likeness (QED) is 0.652. The molecular weight excluding hydrogens is 340 g/mol. The van der Waals surface area contributed by atoms with E-state index >= 15 is 0 Å². The molecule has 2 rings (SSSR count). The summed E-state index contributed by atoms with van der Waals surface area (Å²) in [5, 5.41) is 5.00. The summed E-state index contributed by atoms with van der Waals surface area (Å²) in [7, 11) is 1.84. The Bertz CT molecular complexity index is 624. The minimum Gasteiger partial charge on any atom is -0.271 e. The summed E-state index contributed by atoms with van der Waals surface area (Å²) < 4.78 is 2.76. The molecule has 0 saturated heterocycles. The number of hydrazine groups is 1. The zero-order valence-electron chi connectivity index (χ0n) is 11.7. The molecule has 20 heavy (non-hydrogen) atoms. The minimum atomic E-state index is -0.00657. The van der Waals surface area contributed by atoms with Gasteiger partial charge in [0.05, 0.1) is 11.7 Å². The van der Waals surface area contributed by atoms with E-state index in [1.165, 1.54) is 5.56 Å². The van der Waals surface area contributed by atoms with E-state index in [0.717, 1.165) is 21.3 Å². The lowest BCUT2D eigenvalue weighted by Gasteiger charge is -2.19. The summed E-state index contributed by atoms with van der Waals surface area (Å²) in [6.45, 7) is 4.03. The molecule has 1 heterocycles. The monoisotopic (exact) mass is 356 g/mol. The highest BCUT2D eigenvalue weighted by molar-refractivity contribution is 9.10. The second-order valence-electron chi connectivity index (χ2n) is 4.86. The maximum Gasteiger partial charge on any atom is 0.130 e. The SMILES string of the molecule is Cc1nn(C)c(Cl)c1CC(NN)c1cccc(Br)c1C. The van der Waals surface area contributed by atoms with E-state index in [0.29, 0.717) is 11.6 Å². The van der Waals surface area contributed by atoms with E-state index in [9.17, 15) is 0 Å². The Kier molecular flexibility index (Phi) is 4.86. The molecule has 1 aromatic carbocycles. The maximum absolute atomic E-state index is 6.30. The number of rotatable bonds is 4. The topological polar surface area (TPSA) is 55.9 Å². The Morgan fingerprint density at radius 3 is 2.70 bits per heavy atom. The van der Waals surface area contributed by atoms with Crippen LogP contribution < -0.4 is 11.3 Å². The number of nitrogens with two attached hydrogens (primary N) is 1. The highest BCUT2D eigenvalue weighted by atomic mass is 79.9. The number of nitrogens with one attached hydrogen (secondary N) is 1. The fourth-order valence-electron chi connectivity index (χ4n) is 2.37. The lowest BCUT2D eigenvalue weighted by atomic mass is 9.96. The molecular formula is C14H18BrClN4. The van der Waals surface area contributed by atoms with Crippen LogP contribution in [0.25, 0.3) is 0 Å². The molecule has 1 unspecified atom stereocenters. The molecule has 108 valence electrons. The summed E-state index contributed by atoms with van der Waals surface area (Å²) in [6.07, 6.45) is 0.701. The van der Waals surface area contributed by atoms with Gasteiger partial charge in [-0.3, -0.25) is 16.0 Å². The van der Waals surface area contributed by atoms with Crippen LogP contribution >= 0.6 is 27.5 Å². The standard InChI is InChI=1S/C14H18BrClN4/c1-8-10(5-4-6-12(8)15)13(18-17)7-11-9(2)19-20(3)14(11)16/h4-6,13,18H,7,17H2,1-3H3. The summed E-state index contributed by atoms with van der Waals surface area (Å²) >= 11 is 9.85. The van der Waals surface area contributed by atoms with Gasteiger partial charge in [-0.05, 0) is 37.5 Å². The van der Waals surface area contributed by atoms with Crippen molar-refractivity contribution in [2.75, 3.05) is 0 Å². The molecule has 0 fully saturated rings. The van der Waals surface area contributed by atoms with Crippen LogP contribution in [0.15, 0.2) is 22.7 Å². The lowest BCUT2D eigenvalue weighted by molar-refractivity contribution is 0.548. The van der Waals surface area contributed by atoms with Crippen LogP contribution in [0.5, 0.6) is 0 Å². The van der Waals surface area contributed by atoms with Gasteiger partial charge in [0.2, 0.25) is 0 Å². The van der Waals surface area contributed by atoms with Crippen molar-refractivity contribution in [1.29, 1.82) is 0 Å². The Balaban J connectivity index is 2.36. The summed E-state index contributed by atoms with van der Waals surface area (Å²) in [5.41, 5.74) is 7.17. The van der Waals surface area contributed by atoms with E-state index in [2.05, 4.69) is 39.4 Å². The number of hydrogen-bond acceptors (Lipinski definition) is 3. The predicted molar refractivity (Wildman–Crippen MR) is 85.6 cm³/mol. The van der Waals surface area contributed by atoms with Crippen molar-refractivity contribution in [3.05, 3.63) is 50.2 Å². The minimum absolute atomic E-state index is 0.00657. The van der Waals surface area contributed by atoms with Gasteiger partial charge in [0, 0.05) is 17.1 Å². The number of aromatic nitrogens is 2. The molecule has 0 amide bonds. The van der Waals surface area contributed by atoms with Crippen molar-refractivity contribution >= 4 is 27.5 Å². The van der Waals surface area contributed by atoms with Gasteiger partial charge < -0.3 is 0 Å². The first-order valence-electron chi connectivity index (χ1n) is 6.34. The smallest absolute Gasteiger partial charge is 0.130 e. The van der Waals surface area contributed by atoms with Gasteiger partial charge in [0.1, 0.15) is 5.15 Å². The Labute approximate surface area is 132 Å². The van der Waals surface area contributed by atoms with Crippen LogP contribution in [0.4, 0.5) is 0 Å². The second kappa shape index (κ2) is 6.26. The number of hydrogen-bond donors (Lipinski definition) is 2. The van der Waals surface area contributed by atoms with Crippen LogP contribution in [0.3, 0.4) is 0 Å². The molecule has 0 bridgehead atoms. The van der Waals surface area contributed by atoms with Gasteiger partial charge in [-0.1, -0.05) is 39.7 Å². The Morgan fingerprint density at radius 2 is 2.15 bits per heavy atom. The molecule has 3 N–H and O–H groups in total. The second-order valence-corrected chi connectivity index (χ2v) is 6.07. The molecule has 0 radical (unpaired) electrons. The van der Waals surface area contributed by atoms with Crippen LogP contribution in [-0.4, -0.2) is 9.78 Å². The van der Waals surface area contributed by atoms with E-state index in [4.69, 9.17) is 17.4 Å². The predicted octanol–water partition coefficient (Wildman–Crippen LogP) is 3.20. The number of benzene rings is 1. The summed E-state index contributed by atoms with van der Waals surface area (Å²) in [6, 6.07) is 6.10. The van der Waals surface area contributed by atoms with Crippen molar-refractivity contribution in [3.8, 4) is 0 Å². The van der Waals surface area contributed by atoms with Gasteiger partial charge in [-0.15, -0.1) is 0 Å². The number of nitrogens with zero attached hydrogens (tertiary/aromatic N) is 2. The van der Waals surface area contributed by atoms with E-state index < -0.39 is 0 Å². The molecule has 0 aliphatic rings. The molecule has 4 nitrogen and oxygen atoms in total. The van der Waals surface area contributed by atoms with Crippen LogP contribution in [0, 0.1) is 13.8 Å². The van der Waals surface area contributed by atoms with Crippen molar-refractivity contribution in [2.24, 2.45) is 12.9 Å². The molecule has 0 aliphatic heterocycles. The highest BCUT2D eigenvalue weighted by Gasteiger charge is 2.19. The third kappa shape index (κ3) is 2.91. The fourth-order valence-corrected chi connectivity index (χ4v) is 3.00. The first kappa shape index (κ1) is 15.5. The normalized spacial score (nSPS) is 12.7. The first-order chi connectivity index (χ1) is 9.45. The molecule has 0 aliphatic carbocycles. The lowest BCUT2D eigenvalue weighted by Crippen LogP contribution is -2.30. The molecule has 0 saturated carbocycles. The number of halogens is 2. The van der Waals surface area contributed by atoms with Crippen LogP contribution in [-0.2, 0) is 13.5 Å². The van der Waals surface area contributed by atoms with Crippen LogP contribution in [0.2, 0.25) is 5.15 Å². The Morgan fingerprint density at radius 1 is 1.45 bits per heavy atom. The molecule has 0 spiro atoms. The molecule has 1 aromatic heterocycles. The van der Waals surface area contributed by atoms with Crippen molar-refractivity contribution in [2.45, 2.75) is 26.3 Å². The van der Waals surface area contributed by atoms with Crippen LogP contribution in [0.1, 0.15) is 28.4 Å². The highest BCUT2D eigenvalue weighted by Crippen LogP contribution is 2.29. The largest absolute Gasteiger partial charge is 0.271 e. The fraction of sp³-hybridized carbons (Fsp3) is 0.357. The van der Waals surface area contributed by atoms with E-state index in [1.807, 2.05) is 26.1 Å². The van der Waals surface area contributed by atoms with E-state index in [-0.39, 0.29) is 6.04 Å². The number of aryl methyl sites for hydroxylation is 2. The summed E-state index contributed by atoms with van der Waals surface area (Å²) in [4.78, 5) is 0. The van der Waals surface area contributed by atoms with E-state index in [1.54, 1.807) is 4.68 Å². The van der Waals surface area contributed by atoms with Gasteiger partial charge in [-0.2, -0.15) is 5.10 Å². The third-order valence-corrected chi connectivity index (χ3v) is 4.90. The summed E-state index contributed by atoms with van der Waals surface area (Å²) in [5.74, 6) is 5.74. The zero-order valence-corrected chi connectivity index (χ0v) is 14.1. The van der Waals surface area contributed by atoms with Gasteiger partial charge in [0.15, 0.2) is 0 Å². The van der Waals surface area contributed by atoms with Gasteiger partial charge in [-0.25, -0.2) is 0 Å². The average molecular weight is 358 g/mol. The van der Waals surface area contributed by atoms with Crippen molar-refractivity contribution in [3.63, 3.8) is 0 Å². The average Bonchev–Trinajstić information content (AvgIpc) is 2.65. The molecule has 6 heteroatoms. The van der Waals surface area contributed by atoms with Gasteiger partial charge in [0.25, 0.3) is 0 Å². The maximum atomic E-state index is 6.30. The zero-order chi connectivity index (χ0) is 14.9. The first-order valence-corrected chi connectivity index (χ1v) is 7.52.